The Balaban J connectivity index is 1.59. The second-order valence-electron chi connectivity index (χ2n) is 5.34. The quantitative estimate of drug-likeness (QED) is 0.608. The van der Waals surface area contributed by atoms with Crippen LogP contribution >= 0.6 is 0 Å². The van der Waals surface area contributed by atoms with E-state index in [1.807, 2.05) is 36.5 Å². The summed E-state index contributed by atoms with van der Waals surface area (Å²) in [6.45, 7) is 1.24. The van der Waals surface area contributed by atoms with E-state index in [1.54, 1.807) is 10.9 Å². The molecule has 1 N–H and O–H groups in total. The van der Waals surface area contributed by atoms with Crippen molar-refractivity contribution in [3.63, 3.8) is 0 Å². The summed E-state index contributed by atoms with van der Waals surface area (Å²) in [7, 11) is 0. The summed E-state index contributed by atoms with van der Waals surface area (Å²) in [6.07, 6.45) is 5.10. The first-order valence-corrected chi connectivity index (χ1v) is 7.61. The number of nitrogens with one attached hydrogen (secondary N) is 1. The highest BCUT2D eigenvalue weighted by molar-refractivity contribution is 5.81. The van der Waals surface area contributed by atoms with Crippen LogP contribution in [0.2, 0.25) is 0 Å². The normalized spacial score (nSPS) is 10.8. The molecule has 0 saturated heterocycles. The summed E-state index contributed by atoms with van der Waals surface area (Å²) in [5.74, 6) is 0.670. The molecular formula is C17H15N7. The number of pyridine rings is 1. The fourth-order valence-electron chi connectivity index (χ4n) is 2.47. The molecule has 24 heavy (non-hydrogen) atoms. The zero-order chi connectivity index (χ0) is 16.2. The van der Waals surface area contributed by atoms with E-state index in [1.165, 1.54) is 6.33 Å². The largest absolute Gasteiger partial charge is 0.364 e. The van der Waals surface area contributed by atoms with Crippen molar-refractivity contribution in [1.82, 2.24) is 29.9 Å². The molecule has 1 aromatic carbocycles. The minimum absolute atomic E-state index is 0.617. The molecule has 118 valence electrons. The van der Waals surface area contributed by atoms with Crippen molar-refractivity contribution in [3.8, 4) is 0 Å². The Morgan fingerprint density at radius 3 is 2.67 bits per heavy atom. The molecule has 4 rings (SSSR count). The van der Waals surface area contributed by atoms with Crippen molar-refractivity contribution in [2.24, 2.45) is 0 Å². The van der Waals surface area contributed by atoms with Crippen molar-refractivity contribution in [2.75, 3.05) is 5.32 Å². The van der Waals surface area contributed by atoms with E-state index < -0.39 is 0 Å². The molecule has 0 unspecified atom stereocenters. The number of fused-ring (bicyclic) bond motifs is 1. The molecule has 3 heterocycles. The number of nitrogens with zero attached hydrogens (tertiary/aromatic N) is 6. The van der Waals surface area contributed by atoms with Gasteiger partial charge in [-0.3, -0.25) is 4.98 Å². The number of aromatic nitrogens is 6. The first-order valence-electron chi connectivity index (χ1n) is 7.61. The number of hydrogen-bond donors (Lipinski definition) is 1. The molecule has 0 spiro atoms. The Hall–Kier alpha value is -3.35. The molecule has 3 aromatic heterocycles. The van der Waals surface area contributed by atoms with Crippen LogP contribution in [0.1, 0.15) is 11.1 Å². The fraction of sp³-hybridized carbons (Fsp3) is 0.118. The monoisotopic (exact) mass is 317 g/mol. The summed E-state index contributed by atoms with van der Waals surface area (Å²) < 4.78 is 1.78. The van der Waals surface area contributed by atoms with E-state index in [0.29, 0.717) is 30.1 Å². The van der Waals surface area contributed by atoms with Gasteiger partial charge >= 0.3 is 0 Å². The third kappa shape index (κ3) is 2.91. The van der Waals surface area contributed by atoms with Gasteiger partial charge in [0.2, 0.25) is 0 Å². The first kappa shape index (κ1) is 14.3. The molecule has 0 saturated carbocycles. The van der Waals surface area contributed by atoms with Gasteiger partial charge in [0, 0.05) is 18.9 Å². The maximum atomic E-state index is 4.33. The van der Waals surface area contributed by atoms with Crippen molar-refractivity contribution in [1.29, 1.82) is 0 Å². The molecule has 0 radical (unpaired) electrons. The summed E-state index contributed by atoms with van der Waals surface area (Å²) >= 11 is 0. The van der Waals surface area contributed by atoms with Crippen LogP contribution in [-0.2, 0) is 13.1 Å². The number of benzene rings is 1. The van der Waals surface area contributed by atoms with Crippen molar-refractivity contribution in [2.45, 2.75) is 13.1 Å². The zero-order valence-corrected chi connectivity index (χ0v) is 12.9. The molecule has 7 nitrogen and oxygen atoms in total. The highest BCUT2D eigenvalue weighted by atomic mass is 15.4. The lowest BCUT2D eigenvalue weighted by Gasteiger charge is -2.05. The predicted molar refractivity (Wildman–Crippen MR) is 90.2 cm³/mol. The van der Waals surface area contributed by atoms with Crippen LogP contribution in [0.5, 0.6) is 0 Å². The third-order valence-electron chi connectivity index (χ3n) is 3.66. The lowest BCUT2D eigenvalue weighted by Crippen LogP contribution is -2.05. The maximum absolute atomic E-state index is 4.33. The highest BCUT2D eigenvalue weighted by Crippen LogP contribution is 2.17. The topological polar surface area (TPSA) is 81.4 Å². The van der Waals surface area contributed by atoms with Crippen LogP contribution in [-0.4, -0.2) is 29.9 Å². The van der Waals surface area contributed by atoms with Crippen molar-refractivity contribution < 1.29 is 0 Å². The molecular weight excluding hydrogens is 302 g/mol. The van der Waals surface area contributed by atoms with Gasteiger partial charge in [-0.2, -0.15) is 0 Å². The SMILES string of the molecule is c1ccc(Cn2nnc3c(NCc4cccnc4)ncnc32)cc1. The predicted octanol–water partition coefficient (Wildman–Crippen LogP) is 2.28. The van der Waals surface area contributed by atoms with E-state index in [2.05, 4.69) is 42.7 Å². The standard InChI is InChI=1S/C17H15N7/c1-2-5-13(6-3-1)11-24-17-15(22-23-24)16(20-12-21-17)19-10-14-7-4-8-18-9-14/h1-9,12H,10-11H2,(H,19,20,21). The van der Waals surface area contributed by atoms with E-state index >= 15 is 0 Å². The molecule has 0 fully saturated rings. The summed E-state index contributed by atoms with van der Waals surface area (Å²) in [5.41, 5.74) is 3.59. The Bertz CT molecular complexity index is 935. The van der Waals surface area contributed by atoms with Gasteiger partial charge in [-0.1, -0.05) is 41.6 Å². The van der Waals surface area contributed by atoms with Crippen LogP contribution < -0.4 is 5.32 Å². The number of anilines is 1. The van der Waals surface area contributed by atoms with Gasteiger partial charge in [0.15, 0.2) is 17.0 Å². The van der Waals surface area contributed by atoms with E-state index in [0.717, 1.165) is 11.1 Å². The van der Waals surface area contributed by atoms with Gasteiger partial charge in [-0.05, 0) is 17.2 Å². The lowest BCUT2D eigenvalue weighted by molar-refractivity contribution is 0.664. The molecule has 0 atom stereocenters. The summed E-state index contributed by atoms with van der Waals surface area (Å²) in [4.78, 5) is 12.7. The Labute approximate surface area is 138 Å². The van der Waals surface area contributed by atoms with Gasteiger partial charge in [-0.25, -0.2) is 14.6 Å². The first-order chi connectivity index (χ1) is 11.9. The Kier molecular flexibility index (Phi) is 3.81. The average molecular weight is 317 g/mol. The second kappa shape index (κ2) is 6.41. The van der Waals surface area contributed by atoms with E-state index in [-0.39, 0.29) is 0 Å². The van der Waals surface area contributed by atoms with Crippen LogP contribution in [0.15, 0.2) is 61.2 Å². The van der Waals surface area contributed by atoms with Gasteiger partial charge < -0.3 is 5.32 Å². The Morgan fingerprint density at radius 1 is 0.958 bits per heavy atom. The molecule has 7 heteroatoms. The van der Waals surface area contributed by atoms with Crippen LogP contribution in [0, 0.1) is 0 Å². The average Bonchev–Trinajstić information content (AvgIpc) is 3.05. The highest BCUT2D eigenvalue weighted by Gasteiger charge is 2.11. The van der Waals surface area contributed by atoms with Crippen LogP contribution in [0.25, 0.3) is 11.2 Å². The van der Waals surface area contributed by atoms with Gasteiger partial charge in [-0.15, -0.1) is 5.10 Å². The maximum Gasteiger partial charge on any atom is 0.184 e. The molecule has 0 aliphatic carbocycles. The smallest absolute Gasteiger partial charge is 0.184 e. The van der Waals surface area contributed by atoms with E-state index in [4.69, 9.17) is 0 Å². The van der Waals surface area contributed by atoms with Crippen molar-refractivity contribution in [3.05, 3.63) is 72.3 Å². The third-order valence-corrected chi connectivity index (χ3v) is 3.66. The van der Waals surface area contributed by atoms with Gasteiger partial charge in [0.1, 0.15) is 6.33 Å². The fourth-order valence-corrected chi connectivity index (χ4v) is 2.47. The molecule has 0 bridgehead atoms. The number of hydrogen-bond acceptors (Lipinski definition) is 6. The summed E-state index contributed by atoms with van der Waals surface area (Å²) in [5, 5.41) is 11.7. The van der Waals surface area contributed by atoms with Crippen molar-refractivity contribution >= 4 is 17.0 Å². The van der Waals surface area contributed by atoms with Crippen LogP contribution in [0.3, 0.4) is 0 Å². The molecule has 4 aromatic rings. The molecule has 0 amide bonds. The molecule has 0 aliphatic rings. The van der Waals surface area contributed by atoms with Crippen LogP contribution in [0.4, 0.5) is 5.82 Å². The van der Waals surface area contributed by atoms with Gasteiger partial charge in [0.05, 0.1) is 6.54 Å². The minimum atomic E-state index is 0.617. The zero-order valence-electron chi connectivity index (χ0n) is 12.9. The minimum Gasteiger partial charge on any atom is -0.364 e. The van der Waals surface area contributed by atoms with Gasteiger partial charge in [0.25, 0.3) is 0 Å². The Morgan fingerprint density at radius 2 is 1.83 bits per heavy atom. The number of rotatable bonds is 5. The lowest BCUT2D eigenvalue weighted by atomic mass is 10.2. The second-order valence-corrected chi connectivity index (χ2v) is 5.34. The molecule has 0 aliphatic heterocycles. The van der Waals surface area contributed by atoms with E-state index in [9.17, 15) is 0 Å². The summed E-state index contributed by atoms with van der Waals surface area (Å²) in [6, 6.07) is 14.0.